The van der Waals surface area contributed by atoms with Crippen molar-refractivity contribution in [1.82, 2.24) is 4.90 Å². The summed E-state index contributed by atoms with van der Waals surface area (Å²) in [6.45, 7) is 7.19. The van der Waals surface area contributed by atoms with Crippen LogP contribution in [0, 0.1) is 13.8 Å². The molecule has 6 nitrogen and oxygen atoms in total. The molecule has 0 spiro atoms. The van der Waals surface area contributed by atoms with E-state index < -0.39 is 0 Å². The average Bonchev–Trinajstić information content (AvgIpc) is 2.96. The zero-order valence-electron chi connectivity index (χ0n) is 18.0. The first-order valence-electron chi connectivity index (χ1n) is 10.1. The Balaban J connectivity index is 2.04. The fourth-order valence-electron chi connectivity index (χ4n) is 3.41. The summed E-state index contributed by atoms with van der Waals surface area (Å²) in [6, 6.07) is 13.2. The number of nitrogens with one attached hydrogen (secondary N) is 1. The van der Waals surface area contributed by atoms with Crippen LogP contribution in [0.15, 0.2) is 48.2 Å². The number of carbonyl (C=O) groups is 2. The van der Waals surface area contributed by atoms with Crippen LogP contribution in [0.2, 0.25) is 0 Å². The standard InChI is InChI=1S/C24H28N2O4/c1-5-30-20-10-7-6-9-19(20)25-22-21(18-12-11-16(2)17(3)15-18)23(27)26(24(22)28)13-8-14-29-4/h6-7,9-12,15,25H,5,8,13-14H2,1-4H3. The molecule has 6 heteroatoms. The fourth-order valence-corrected chi connectivity index (χ4v) is 3.41. The molecule has 0 saturated carbocycles. The lowest BCUT2D eigenvalue weighted by atomic mass is 9.99. The second-order valence-corrected chi connectivity index (χ2v) is 7.21. The van der Waals surface area contributed by atoms with E-state index in [1.807, 2.05) is 63.2 Å². The maximum atomic E-state index is 13.3. The maximum absolute atomic E-state index is 13.3. The third-order valence-corrected chi connectivity index (χ3v) is 5.14. The Morgan fingerprint density at radius 3 is 2.47 bits per heavy atom. The summed E-state index contributed by atoms with van der Waals surface area (Å²) in [6.07, 6.45) is 0.580. The van der Waals surface area contributed by atoms with Crippen molar-refractivity contribution in [1.29, 1.82) is 0 Å². The number of hydrogen-bond acceptors (Lipinski definition) is 5. The van der Waals surface area contributed by atoms with Gasteiger partial charge in [0.25, 0.3) is 11.8 Å². The number of hydrogen-bond donors (Lipinski definition) is 1. The number of rotatable bonds is 9. The number of amides is 2. The Hall–Kier alpha value is -3.12. The molecule has 2 aromatic carbocycles. The Bertz CT molecular complexity index is 981. The van der Waals surface area contributed by atoms with E-state index in [-0.39, 0.29) is 17.5 Å². The van der Waals surface area contributed by atoms with E-state index in [1.54, 1.807) is 7.11 Å². The Kier molecular flexibility index (Phi) is 6.90. The van der Waals surface area contributed by atoms with Gasteiger partial charge in [-0.3, -0.25) is 14.5 Å². The van der Waals surface area contributed by atoms with Gasteiger partial charge in [-0.15, -0.1) is 0 Å². The molecular formula is C24H28N2O4. The molecule has 0 radical (unpaired) electrons. The quantitative estimate of drug-likeness (QED) is 0.503. The lowest BCUT2D eigenvalue weighted by molar-refractivity contribution is -0.136. The first-order chi connectivity index (χ1) is 14.5. The van der Waals surface area contributed by atoms with Gasteiger partial charge in [-0.25, -0.2) is 0 Å². The molecule has 2 aromatic rings. The molecule has 1 N–H and O–H groups in total. The first-order valence-corrected chi connectivity index (χ1v) is 10.1. The van der Waals surface area contributed by atoms with E-state index in [0.717, 1.165) is 16.7 Å². The van der Waals surface area contributed by atoms with Crippen molar-refractivity contribution in [2.24, 2.45) is 0 Å². The number of nitrogens with zero attached hydrogens (tertiary/aromatic N) is 1. The summed E-state index contributed by atoms with van der Waals surface area (Å²) in [5, 5.41) is 3.19. The number of aryl methyl sites for hydroxylation is 2. The summed E-state index contributed by atoms with van der Waals surface area (Å²) in [4.78, 5) is 27.8. The minimum absolute atomic E-state index is 0.271. The molecule has 1 heterocycles. The van der Waals surface area contributed by atoms with E-state index in [1.165, 1.54) is 4.90 Å². The maximum Gasteiger partial charge on any atom is 0.278 e. The second-order valence-electron chi connectivity index (χ2n) is 7.21. The molecule has 3 rings (SSSR count). The van der Waals surface area contributed by atoms with Crippen LogP contribution in [0.4, 0.5) is 5.69 Å². The molecule has 30 heavy (non-hydrogen) atoms. The third-order valence-electron chi connectivity index (χ3n) is 5.14. The SMILES string of the molecule is CCOc1ccccc1NC1=C(c2ccc(C)c(C)c2)C(=O)N(CCCOC)C1=O. The van der Waals surface area contributed by atoms with Gasteiger partial charge in [-0.1, -0.05) is 30.3 Å². The van der Waals surface area contributed by atoms with Crippen LogP contribution in [0.5, 0.6) is 5.75 Å². The second kappa shape index (κ2) is 9.59. The van der Waals surface area contributed by atoms with E-state index in [0.29, 0.717) is 43.2 Å². The molecule has 2 amide bonds. The highest BCUT2D eigenvalue weighted by molar-refractivity contribution is 6.36. The van der Waals surface area contributed by atoms with Crippen molar-refractivity contribution in [2.45, 2.75) is 27.2 Å². The summed E-state index contributed by atoms with van der Waals surface area (Å²) < 4.78 is 10.8. The van der Waals surface area contributed by atoms with Gasteiger partial charge in [0.1, 0.15) is 11.4 Å². The van der Waals surface area contributed by atoms with Crippen LogP contribution in [0.25, 0.3) is 5.57 Å². The molecule has 1 aliphatic rings. The predicted octanol–water partition coefficient (Wildman–Crippen LogP) is 3.93. The van der Waals surface area contributed by atoms with Crippen LogP contribution >= 0.6 is 0 Å². The van der Waals surface area contributed by atoms with Crippen LogP contribution in [-0.4, -0.2) is 43.6 Å². The molecule has 0 bridgehead atoms. The lowest BCUT2D eigenvalue weighted by Gasteiger charge is -2.15. The number of imide groups is 1. The van der Waals surface area contributed by atoms with Crippen molar-refractivity contribution in [3.8, 4) is 5.75 Å². The molecule has 158 valence electrons. The summed E-state index contributed by atoms with van der Waals surface area (Å²) in [7, 11) is 1.60. The molecule has 0 unspecified atom stereocenters. The zero-order valence-corrected chi connectivity index (χ0v) is 18.0. The minimum atomic E-state index is -0.337. The van der Waals surface area contributed by atoms with Gasteiger partial charge < -0.3 is 14.8 Å². The van der Waals surface area contributed by atoms with Crippen LogP contribution < -0.4 is 10.1 Å². The van der Waals surface area contributed by atoms with Gasteiger partial charge in [-0.05, 0) is 56.0 Å². The van der Waals surface area contributed by atoms with Gasteiger partial charge in [0.05, 0.1) is 17.9 Å². The monoisotopic (exact) mass is 408 g/mol. The third kappa shape index (κ3) is 4.39. The molecule has 1 aliphatic heterocycles. The van der Waals surface area contributed by atoms with Crippen LogP contribution in [0.1, 0.15) is 30.0 Å². The van der Waals surface area contributed by atoms with Crippen molar-refractivity contribution in [2.75, 3.05) is 32.2 Å². The number of anilines is 1. The largest absolute Gasteiger partial charge is 0.492 e. The van der Waals surface area contributed by atoms with E-state index >= 15 is 0 Å². The van der Waals surface area contributed by atoms with Crippen LogP contribution in [0.3, 0.4) is 0 Å². The number of methoxy groups -OCH3 is 1. The highest BCUT2D eigenvalue weighted by Gasteiger charge is 2.39. The molecule has 0 aliphatic carbocycles. The van der Waals surface area contributed by atoms with Gasteiger partial charge in [0, 0.05) is 20.3 Å². The van der Waals surface area contributed by atoms with Crippen molar-refractivity contribution >= 4 is 23.1 Å². The Morgan fingerprint density at radius 1 is 1.00 bits per heavy atom. The average molecular weight is 408 g/mol. The lowest BCUT2D eigenvalue weighted by Crippen LogP contribution is -2.33. The number of benzene rings is 2. The predicted molar refractivity (Wildman–Crippen MR) is 117 cm³/mol. The number of ether oxygens (including phenoxy) is 2. The normalized spacial score (nSPS) is 13.9. The fraction of sp³-hybridized carbons (Fsp3) is 0.333. The van der Waals surface area contributed by atoms with Crippen molar-refractivity contribution < 1.29 is 19.1 Å². The highest BCUT2D eigenvalue weighted by Crippen LogP contribution is 2.34. The van der Waals surface area contributed by atoms with Crippen molar-refractivity contribution in [3.63, 3.8) is 0 Å². The molecular weight excluding hydrogens is 380 g/mol. The summed E-state index contributed by atoms with van der Waals surface area (Å²) in [5.41, 5.74) is 4.22. The van der Waals surface area contributed by atoms with Gasteiger partial charge in [0.2, 0.25) is 0 Å². The molecule has 0 fully saturated rings. The smallest absolute Gasteiger partial charge is 0.278 e. The first kappa shape index (κ1) is 21.6. The molecule has 0 aromatic heterocycles. The molecule has 0 atom stereocenters. The van der Waals surface area contributed by atoms with E-state index in [2.05, 4.69) is 5.32 Å². The topological polar surface area (TPSA) is 67.9 Å². The van der Waals surface area contributed by atoms with Gasteiger partial charge in [-0.2, -0.15) is 0 Å². The summed E-state index contributed by atoms with van der Waals surface area (Å²) in [5.74, 6) is -0.00333. The van der Waals surface area contributed by atoms with Gasteiger partial charge in [0.15, 0.2) is 0 Å². The Morgan fingerprint density at radius 2 is 1.77 bits per heavy atom. The number of carbonyl (C=O) groups excluding carboxylic acids is 2. The zero-order chi connectivity index (χ0) is 21.7. The van der Waals surface area contributed by atoms with Gasteiger partial charge >= 0.3 is 0 Å². The Labute approximate surface area is 177 Å². The number of para-hydroxylation sites is 2. The molecule has 0 saturated heterocycles. The van der Waals surface area contributed by atoms with E-state index in [9.17, 15) is 9.59 Å². The van der Waals surface area contributed by atoms with Crippen LogP contribution in [-0.2, 0) is 14.3 Å². The summed E-state index contributed by atoms with van der Waals surface area (Å²) >= 11 is 0. The minimum Gasteiger partial charge on any atom is -0.492 e. The van der Waals surface area contributed by atoms with E-state index in [4.69, 9.17) is 9.47 Å². The van der Waals surface area contributed by atoms with Crippen molar-refractivity contribution in [3.05, 3.63) is 64.9 Å². The highest BCUT2D eigenvalue weighted by atomic mass is 16.5.